The summed E-state index contributed by atoms with van der Waals surface area (Å²) in [5, 5.41) is 7.98. The summed E-state index contributed by atoms with van der Waals surface area (Å²) in [5.74, 6) is 0.0934. The van der Waals surface area contributed by atoms with E-state index in [1.54, 1.807) is 21.9 Å². The number of halogens is 1. The van der Waals surface area contributed by atoms with Crippen LogP contribution in [0.4, 0.5) is 15.5 Å². The summed E-state index contributed by atoms with van der Waals surface area (Å²) in [6.07, 6.45) is 0.959. The molecule has 3 amide bonds. The summed E-state index contributed by atoms with van der Waals surface area (Å²) in [6, 6.07) is 12.7. The number of piperazine rings is 1. The molecule has 37 heavy (non-hydrogen) atoms. The van der Waals surface area contributed by atoms with Crippen molar-refractivity contribution >= 4 is 45.8 Å². The maximum Gasteiger partial charge on any atom is 0.322 e. The van der Waals surface area contributed by atoms with Crippen molar-refractivity contribution < 1.29 is 9.59 Å². The van der Waals surface area contributed by atoms with Crippen molar-refractivity contribution in [2.45, 2.75) is 18.9 Å². The van der Waals surface area contributed by atoms with Crippen LogP contribution in [-0.4, -0.2) is 75.2 Å². The fraction of sp³-hybridized carbons (Fsp3) is 0.400. The Hall–Kier alpha value is -3.44. The zero-order chi connectivity index (χ0) is 25.5. The molecule has 0 unspecified atom stereocenters. The minimum Gasteiger partial charge on any atom is -0.368 e. The molecule has 0 aliphatic carbocycles. The van der Waals surface area contributed by atoms with E-state index in [1.165, 1.54) is 0 Å². The maximum absolute atomic E-state index is 13.3. The number of anilines is 2. The number of rotatable bonds is 3. The molecule has 1 aromatic carbocycles. The molecule has 12 heteroatoms. The first kappa shape index (κ1) is 23.9. The highest BCUT2D eigenvalue weighted by atomic mass is 35.5. The Labute approximate surface area is 222 Å². The number of nitrogens with one attached hydrogen (secondary N) is 1. The van der Waals surface area contributed by atoms with Crippen LogP contribution in [0, 0.1) is 5.92 Å². The van der Waals surface area contributed by atoms with Crippen molar-refractivity contribution in [2.24, 2.45) is 5.92 Å². The van der Waals surface area contributed by atoms with Crippen molar-refractivity contribution in [1.82, 2.24) is 24.0 Å². The van der Waals surface area contributed by atoms with Gasteiger partial charge in [0.25, 0.3) is 11.5 Å². The molecule has 0 spiro atoms. The zero-order valence-corrected chi connectivity index (χ0v) is 21.6. The Morgan fingerprint density at radius 3 is 2.62 bits per heavy atom. The van der Waals surface area contributed by atoms with Gasteiger partial charge in [-0.05, 0) is 36.6 Å². The van der Waals surface area contributed by atoms with E-state index in [-0.39, 0.29) is 35.0 Å². The standard InChI is InChI=1S/C25H26ClN7O3S/c26-18-3-1-4-19(12-18)30-7-9-31(10-8-30)24(35)22-23(37-29-28-22)27-25(36)32-13-16-11-17(15-32)20-5-2-6-21(34)33(20)14-16/h1-6,12,16-17H,7-11,13-15H2,(H,27,36)/t16-,17+/m0/s1. The van der Waals surface area contributed by atoms with Gasteiger partial charge in [0.05, 0.1) is 0 Å². The van der Waals surface area contributed by atoms with Gasteiger partial charge in [-0.3, -0.25) is 14.9 Å². The number of amides is 3. The number of hydrogen-bond donors (Lipinski definition) is 1. The minimum atomic E-state index is -0.271. The molecular weight excluding hydrogens is 514 g/mol. The molecule has 2 fully saturated rings. The average molecular weight is 540 g/mol. The van der Waals surface area contributed by atoms with Crippen LogP contribution in [0.1, 0.15) is 28.5 Å². The van der Waals surface area contributed by atoms with E-state index in [9.17, 15) is 14.4 Å². The quantitative estimate of drug-likeness (QED) is 0.549. The third kappa shape index (κ3) is 4.69. The first-order valence-corrected chi connectivity index (χ1v) is 13.5. The first-order chi connectivity index (χ1) is 18.0. The van der Waals surface area contributed by atoms with Crippen LogP contribution < -0.4 is 15.8 Å². The Kier molecular flexibility index (Phi) is 6.33. The van der Waals surface area contributed by atoms with Gasteiger partial charge in [-0.2, -0.15) is 0 Å². The van der Waals surface area contributed by atoms with Gasteiger partial charge in [-0.25, -0.2) is 4.79 Å². The van der Waals surface area contributed by atoms with E-state index < -0.39 is 0 Å². The normalized spacial score (nSPS) is 20.9. The summed E-state index contributed by atoms with van der Waals surface area (Å²) < 4.78 is 5.79. The predicted molar refractivity (Wildman–Crippen MR) is 142 cm³/mol. The summed E-state index contributed by atoms with van der Waals surface area (Å²) in [6.45, 7) is 4.10. The second kappa shape index (κ2) is 9.79. The van der Waals surface area contributed by atoms with Crippen LogP contribution in [0.15, 0.2) is 47.3 Å². The average Bonchev–Trinajstić information content (AvgIpc) is 3.37. The van der Waals surface area contributed by atoms with E-state index in [0.717, 1.165) is 29.3 Å². The van der Waals surface area contributed by atoms with Crippen LogP contribution in [0.2, 0.25) is 5.02 Å². The monoisotopic (exact) mass is 539 g/mol. The lowest BCUT2D eigenvalue weighted by Gasteiger charge is -2.42. The number of hydrogen-bond acceptors (Lipinski definition) is 7. The van der Waals surface area contributed by atoms with Gasteiger partial charge >= 0.3 is 6.03 Å². The Morgan fingerprint density at radius 2 is 1.81 bits per heavy atom. The van der Waals surface area contributed by atoms with Crippen LogP contribution in [0.25, 0.3) is 0 Å². The summed E-state index contributed by atoms with van der Waals surface area (Å²) in [7, 11) is 0. The van der Waals surface area contributed by atoms with Gasteiger partial charge in [0.15, 0.2) is 10.7 Å². The number of likely N-dealkylation sites (tertiary alicyclic amines) is 1. The third-order valence-corrected chi connectivity index (χ3v) is 8.29. The molecule has 3 aliphatic rings. The minimum absolute atomic E-state index is 0.0115. The highest BCUT2D eigenvalue weighted by molar-refractivity contribution is 7.10. The van der Waals surface area contributed by atoms with E-state index in [0.29, 0.717) is 55.8 Å². The topological polar surface area (TPSA) is 104 Å². The molecule has 10 nitrogen and oxygen atoms in total. The number of aromatic nitrogens is 3. The van der Waals surface area contributed by atoms with Crippen molar-refractivity contribution in [3.8, 4) is 0 Å². The smallest absolute Gasteiger partial charge is 0.322 e. The summed E-state index contributed by atoms with van der Waals surface area (Å²) >= 11 is 7.13. The van der Waals surface area contributed by atoms with Crippen LogP contribution in [0.5, 0.6) is 0 Å². The number of fused-ring (bicyclic) bond motifs is 4. The van der Waals surface area contributed by atoms with Crippen LogP contribution in [-0.2, 0) is 6.54 Å². The van der Waals surface area contributed by atoms with E-state index in [2.05, 4.69) is 19.8 Å². The number of piperidine rings is 1. The lowest BCUT2D eigenvalue weighted by atomic mass is 9.83. The fourth-order valence-electron chi connectivity index (χ4n) is 5.64. The van der Waals surface area contributed by atoms with Gasteiger partial charge in [0, 0.05) is 85.7 Å². The number of nitrogens with zero attached hydrogens (tertiary/aromatic N) is 6. The van der Waals surface area contributed by atoms with Crippen molar-refractivity contribution in [1.29, 1.82) is 0 Å². The highest BCUT2D eigenvalue weighted by Crippen LogP contribution is 2.35. The Balaban J connectivity index is 1.10. The second-order valence-corrected chi connectivity index (χ2v) is 10.9. The van der Waals surface area contributed by atoms with Gasteiger partial charge in [-0.1, -0.05) is 28.2 Å². The van der Waals surface area contributed by atoms with Gasteiger partial charge in [-0.15, -0.1) is 5.10 Å². The van der Waals surface area contributed by atoms with E-state index >= 15 is 0 Å². The van der Waals surface area contributed by atoms with E-state index in [1.807, 2.05) is 34.9 Å². The second-order valence-electron chi connectivity index (χ2n) is 9.74. The molecule has 5 heterocycles. The predicted octanol–water partition coefficient (Wildman–Crippen LogP) is 2.97. The number of urea groups is 1. The Morgan fingerprint density at radius 1 is 1.00 bits per heavy atom. The molecular formula is C25H26ClN7O3S. The van der Waals surface area contributed by atoms with Crippen molar-refractivity contribution in [3.63, 3.8) is 0 Å². The molecule has 3 aromatic rings. The van der Waals surface area contributed by atoms with Gasteiger partial charge in [0.2, 0.25) is 0 Å². The lowest BCUT2D eigenvalue weighted by Crippen LogP contribution is -2.50. The molecule has 2 saturated heterocycles. The molecule has 1 N–H and O–H groups in total. The molecule has 192 valence electrons. The zero-order valence-electron chi connectivity index (χ0n) is 20.0. The molecule has 3 aliphatic heterocycles. The lowest BCUT2D eigenvalue weighted by molar-refractivity contribution is 0.0742. The maximum atomic E-state index is 13.3. The summed E-state index contributed by atoms with van der Waals surface area (Å²) in [5.41, 5.74) is 2.19. The molecule has 2 aromatic heterocycles. The SMILES string of the molecule is O=C(Nc1snnc1C(=O)N1CCN(c2cccc(Cl)c2)CC1)N1C[C@@H]2C[C@H](C1)c1cccc(=O)n1C2. The number of pyridine rings is 1. The van der Waals surface area contributed by atoms with Crippen molar-refractivity contribution in [3.05, 3.63) is 69.2 Å². The summed E-state index contributed by atoms with van der Waals surface area (Å²) in [4.78, 5) is 44.4. The molecule has 0 saturated carbocycles. The molecule has 2 atom stereocenters. The highest BCUT2D eigenvalue weighted by Gasteiger charge is 2.37. The van der Waals surface area contributed by atoms with Crippen LogP contribution >= 0.6 is 23.1 Å². The Bertz CT molecular complexity index is 1400. The molecule has 2 bridgehead atoms. The van der Waals surface area contributed by atoms with Crippen molar-refractivity contribution in [2.75, 3.05) is 49.5 Å². The number of carbonyl (C=O) groups is 2. The van der Waals surface area contributed by atoms with Gasteiger partial charge < -0.3 is 19.3 Å². The van der Waals surface area contributed by atoms with Crippen LogP contribution in [0.3, 0.4) is 0 Å². The van der Waals surface area contributed by atoms with Gasteiger partial charge in [0.1, 0.15) is 0 Å². The molecule has 6 rings (SSSR count). The fourth-order valence-corrected chi connectivity index (χ4v) is 6.38. The number of benzene rings is 1. The first-order valence-electron chi connectivity index (χ1n) is 12.3. The third-order valence-electron chi connectivity index (χ3n) is 7.42. The largest absolute Gasteiger partial charge is 0.368 e. The molecule has 0 radical (unpaired) electrons. The number of carbonyl (C=O) groups excluding carboxylic acids is 2. The van der Waals surface area contributed by atoms with E-state index in [4.69, 9.17) is 11.6 Å².